The summed E-state index contributed by atoms with van der Waals surface area (Å²) in [7, 11) is 0. The van der Waals surface area contributed by atoms with Crippen LogP contribution in [0.5, 0.6) is 5.75 Å². The molecule has 0 aliphatic rings. The quantitative estimate of drug-likeness (QED) is 0.448. The highest BCUT2D eigenvalue weighted by Gasteiger charge is 2.12. The molecule has 0 fully saturated rings. The summed E-state index contributed by atoms with van der Waals surface area (Å²) in [6.07, 6.45) is 0.484. The van der Waals surface area contributed by atoms with E-state index in [1.165, 1.54) is 5.56 Å². The average molecular weight is 371 g/mol. The van der Waals surface area contributed by atoms with E-state index in [9.17, 15) is 4.79 Å². The summed E-state index contributed by atoms with van der Waals surface area (Å²) in [6.45, 7) is 4.23. The summed E-state index contributed by atoms with van der Waals surface area (Å²) in [6, 6.07) is 14.7. The number of rotatable bonds is 6. The number of aromatic nitrogens is 2. The van der Waals surface area contributed by atoms with Crippen LogP contribution in [0.3, 0.4) is 0 Å². The molecule has 0 aliphatic carbocycles. The maximum Gasteiger partial charge on any atom is 0.311 e. The van der Waals surface area contributed by atoms with Gasteiger partial charge in [-0.2, -0.15) is 4.98 Å². The van der Waals surface area contributed by atoms with Gasteiger partial charge in [0, 0.05) is 17.0 Å². The lowest BCUT2D eigenvalue weighted by molar-refractivity contribution is -0.134. The fourth-order valence-electron chi connectivity index (χ4n) is 2.38. The van der Waals surface area contributed by atoms with E-state index in [-0.39, 0.29) is 12.4 Å². The third-order valence-electron chi connectivity index (χ3n) is 3.89. The molecule has 0 saturated heterocycles. The number of halogens is 1. The second kappa shape index (κ2) is 8.15. The molecule has 0 aliphatic heterocycles. The lowest BCUT2D eigenvalue weighted by atomic mass is 10.0. The normalized spacial score (nSPS) is 10.9. The van der Waals surface area contributed by atoms with Crippen molar-refractivity contribution in [3.63, 3.8) is 0 Å². The molecular weight excluding hydrogens is 352 g/mol. The van der Waals surface area contributed by atoms with Gasteiger partial charge in [0.15, 0.2) is 0 Å². The van der Waals surface area contributed by atoms with Crippen LogP contribution in [0.1, 0.15) is 37.6 Å². The maximum atomic E-state index is 12.0. The minimum atomic E-state index is -0.339. The lowest BCUT2D eigenvalue weighted by Crippen LogP contribution is -2.09. The van der Waals surface area contributed by atoms with Crippen LogP contribution in [0.25, 0.3) is 11.4 Å². The predicted octanol–water partition coefficient (Wildman–Crippen LogP) is 5.05. The second-order valence-electron chi connectivity index (χ2n) is 6.22. The highest BCUT2D eigenvalue weighted by Crippen LogP contribution is 2.20. The molecule has 134 valence electrons. The Morgan fingerprint density at radius 2 is 1.81 bits per heavy atom. The van der Waals surface area contributed by atoms with E-state index in [0.717, 1.165) is 5.56 Å². The standard InChI is InChI=1S/C20H19ClN2O3/c1-13(2)14-5-9-17(10-6-14)25-19(24)12-11-18-22-20(23-26-18)15-3-7-16(21)8-4-15/h3-10,13H,11-12H2,1-2H3. The van der Waals surface area contributed by atoms with Gasteiger partial charge in [-0.15, -0.1) is 0 Å². The van der Waals surface area contributed by atoms with Gasteiger partial charge in [-0.25, -0.2) is 0 Å². The smallest absolute Gasteiger partial charge is 0.311 e. The Bertz CT molecular complexity index is 871. The summed E-state index contributed by atoms with van der Waals surface area (Å²) in [5.74, 6) is 1.49. The van der Waals surface area contributed by atoms with Gasteiger partial charge in [0.1, 0.15) is 5.75 Å². The van der Waals surface area contributed by atoms with Crippen molar-refractivity contribution in [1.82, 2.24) is 10.1 Å². The van der Waals surface area contributed by atoms with Crippen molar-refractivity contribution >= 4 is 17.6 Å². The van der Waals surface area contributed by atoms with E-state index in [4.69, 9.17) is 20.9 Å². The van der Waals surface area contributed by atoms with Crippen LogP contribution in [-0.2, 0) is 11.2 Å². The summed E-state index contributed by atoms with van der Waals surface area (Å²) >= 11 is 5.86. The van der Waals surface area contributed by atoms with Crippen LogP contribution in [0.15, 0.2) is 53.1 Å². The molecule has 0 atom stereocenters. The van der Waals surface area contributed by atoms with Gasteiger partial charge in [0.2, 0.25) is 11.7 Å². The minimum absolute atomic E-state index is 0.161. The monoisotopic (exact) mass is 370 g/mol. The van der Waals surface area contributed by atoms with E-state index >= 15 is 0 Å². The Morgan fingerprint density at radius 1 is 1.12 bits per heavy atom. The molecule has 0 spiro atoms. The SMILES string of the molecule is CC(C)c1ccc(OC(=O)CCc2nc(-c3ccc(Cl)cc3)no2)cc1. The van der Waals surface area contributed by atoms with Crippen molar-refractivity contribution in [3.8, 4) is 17.1 Å². The second-order valence-corrected chi connectivity index (χ2v) is 6.65. The van der Waals surface area contributed by atoms with Gasteiger partial charge in [-0.05, 0) is 47.9 Å². The zero-order valence-corrected chi connectivity index (χ0v) is 15.4. The average Bonchev–Trinajstić information content (AvgIpc) is 3.10. The van der Waals surface area contributed by atoms with Crippen LogP contribution >= 0.6 is 11.6 Å². The van der Waals surface area contributed by atoms with Crippen molar-refractivity contribution < 1.29 is 14.1 Å². The highest BCUT2D eigenvalue weighted by atomic mass is 35.5. The molecule has 0 N–H and O–H groups in total. The Labute approximate surface area is 156 Å². The van der Waals surface area contributed by atoms with Gasteiger partial charge in [-0.1, -0.05) is 42.7 Å². The topological polar surface area (TPSA) is 65.2 Å². The van der Waals surface area contributed by atoms with Crippen molar-refractivity contribution in [2.45, 2.75) is 32.6 Å². The molecule has 1 aromatic heterocycles. The molecular formula is C20H19ClN2O3. The molecule has 2 aromatic carbocycles. The number of nitrogens with zero attached hydrogens (tertiary/aromatic N) is 2. The number of hydrogen-bond acceptors (Lipinski definition) is 5. The van der Waals surface area contributed by atoms with Crippen molar-refractivity contribution in [2.75, 3.05) is 0 Å². The molecule has 5 nitrogen and oxygen atoms in total. The zero-order chi connectivity index (χ0) is 18.5. The molecule has 0 unspecified atom stereocenters. The van der Waals surface area contributed by atoms with Gasteiger partial charge in [0.05, 0.1) is 6.42 Å². The molecule has 0 radical (unpaired) electrons. The fraction of sp³-hybridized carbons (Fsp3) is 0.250. The number of esters is 1. The summed E-state index contributed by atoms with van der Waals surface area (Å²) in [4.78, 5) is 16.3. The molecule has 1 heterocycles. The van der Waals surface area contributed by atoms with Crippen molar-refractivity contribution in [2.24, 2.45) is 0 Å². The molecule has 26 heavy (non-hydrogen) atoms. The largest absolute Gasteiger partial charge is 0.427 e. The third kappa shape index (κ3) is 4.70. The highest BCUT2D eigenvalue weighted by molar-refractivity contribution is 6.30. The summed E-state index contributed by atoms with van der Waals surface area (Å²) in [5, 5.41) is 4.56. The van der Waals surface area contributed by atoms with Gasteiger partial charge in [-0.3, -0.25) is 4.79 Å². The zero-order valence-electron chi connectivity index (χ0n) is 14.6. The molecule has 0 amide bonds. The Hall–Kier alpha value is -2.66. The first-order valence-electron chi connectivity index (χ1n) is 8.40. The molecule has 0 saturated carbocycles. The Kier molecular flexibility index (Phi) is 5.68. The number of carbonyl (C=O) groups is 1. The van der Waals surface area contributed by atoms with Crippen molar-refractivity contribution in [1.29, 1.82) is 0 Å². The molecule has 3 aromatic rings. The van der Waals surface area contributed by atoms with Crippen LogP contribution < -0.4 is 4.74 Å². The van der Waals surface area contributed by atoms with E-state index in [2.05, 4.69) is 24.0 Å². The first-order chi connectivity index (χ1) is 12.5. The summed E-state index contributed by atoms with van der Waals surface area (Å²) < 4.78 is 10.5. The van der Waals surface area contributed by atoms with Crippen LogP contribution in [0, 0.1) is 0 Å². The van der Waals surface area contributed by atoms with Crippen LogP contribution in [-0.4, -0.2) is 16.1 Å². The van der Waals surface area contributed by atoms with Gasteiger partial charge in [0.25, 0.3) is 0 Å². The van der Waals surface area contributed by atoms with E-state index in [0.29, 0.717) is 34.8 Å². The Balaban J connectivity index is 1.54. The lowest BCUT2D eigenvalue weighted by Gasteiger charge is -2.07. The van der Waals surface area contributed by atoms with E-state index < -0.39 is 0 Å². The number of carbonyl (C=O) groups excluding carboxylic acids is 1. The van der Waals surface area contributed by atoms with Gasteiger partial charge < -0.3 is 9.26 Å². The van der Waals surface area contributed by atoms with Crippen LogP contribution in [0.2, 0.25) is 5.02 Å². The third-order valence-corrected chi connectivity index (χ3v) is 4.14. The van der Waals surface area contributed by atoms with Crippen LogP contribution in [0.4, 0.5) is 0 Å². The first kappa shape index (κ1) is 18.1. The number of ether oxygens (including phenoxy) is 1. The number of benzene rings is 2. The molecule has 3 rings (SSSR count). The van der Waals surface area contributed by atoms with Crippen molar-refractivity contribution in [3.05, 3.63) is 65.0 Å². The predicted molar refractivity (Wildman–Crippen MR) is 99.2 cm³/mol. The maximum absolute atomic E-state index is 12.0. The molecule has 0 bridgehead atoms. The first-order valence-corrected chi connectivity index (χ1v) is 8.78. The van der Waals surface area contributed by atoms with Gasteiger partial charge >= 0.3 is 5.97 Å². The fourth-order valence-corrected chi connectivity index (χ4v) is 2.51. The minimum Gasteiger partial charge on any atom is -0.427 e. The Morgan fingerprint density at radius 3 is 2.46 bits per heavy atom. The number of aryl methyl sites for hydroxylation is 1. The van der Waals surface area contributed by atoms with E-state index in [1.54, 1.807) is 24.3 Å². The number of hydrogen-bond donors (Lipinski definition) is 0. The van der Waals surface area contributed by atoms with E-state index in [1.807, 2.05) is 24.3 Å². The molecule has 6 heteroatoms. The summed E-state index contributed by atoms with van der Waals surface area (Å²) in [5.41, 5.74) is 2.00.